The van der Waals surface area contributed by atoms with Crippen molar-refractivity contribution in [3.63, 3.8) is 0 Å². The third kappa shape index (κ3) is 3.73. The zero-order chi connectivity index (χ0) is 15.4. The molecule has 0 saturated heterocycles. The van der Waals surface area contributed by atoms with Crippen molar-refractivity contribution in [2.45, 2.75) is 6.42 Å². The maximum absolute atomic E-state index is 11.9. The van der Waals surface area contributed by atoms with E-state index in [0.29, 0.717) is 5.69 Å². The van der Waals surface area contributed by atoms with Gasteiger partial charge in [0.25, 0.3) is 0 Å². The van der Waals surface area contributed by atoms with Crippen molar-refractivity contribution in [3.05, 3.63) is 53.6 Å². The highest BCUT2D eigenvalue weighted by Gasteiger charge is 2.13. The fraction of sp³-hybridized carbons (Fsp3) is 0.0667. The first kappa shape index (κ1) is 14.4. The molecule has 0 saturated carbocycles. The molecule has 0 bridgehead atoms. The Hall–Kier alpha value is -3.02. The second-order valence-electron chi connectivity index (χ2n) is 4.51. The van der Waals surface area contributed by atoms with E-state index in [1.54, 1.807) is 24.3 Å². The van der Waals surface area contributed by atoms with Crippen molar-refractivity contribution < 1.29 is 19.8 Å². The first-order valence-corrected chi connectivity index (χ1v) is 6.16. The van der Waals surface area contributed by atoms with Gasteiger partial charge in [0, 0.05) is 5.69 Å². The highest BCUT2D eigenvalue weighted by Crippen LogP contribution is 2.21. The molecule has 0 fully saturated rings. The highest BCUT2D eigenvalue weighted by molar-refractivity contribution is 6.01. The van der Waals surface area contributed by atoms with Gasteiger partial charge in [0.05, 0.1) is 17.7 Å². The lowest BCUT2D eigenvalue weighted by Gasteiger charge is -2.09. The van der Waals surface area contributed by atoms with Crippen LogP contribution >= 0.6 is 0 Å². The average molecular weight is 286 g/mol. The summed E-state index contributed by atoms with van der Waals surface area (Å²) in [4.78, 5) is 23.0. The number of phenols is 1. The van der Waals surface area contributed by atoms with Gasteiger partial charge in [0.2, 0.25) is 5.91 Å². The number of benzene rings is 2. The molecule has 2 rings (SSSR count). The average Bonchev–Trinajstić information content (AvgIpc) is 2.40. The Morgan fingerprint density at radius 2 is 1.90 bits per heavy atom. The summed E-state index contributed by atoms with van der Waals surface area (Å²) < 4.78 is 0. The second kappa shape index (κ2) is 5.96. The van der Waals surface area contributed by atoms with Gasteiger partial charge in [-0.3, -0.25) is 4.79 Å². The molecule has 5 N–H and O–H groups in total. The van der Waals surface area contributed by atoms with E-state index in [4.69, 9.17) is 10.8 Å². The summed E-state index contributed by atoms with van der Waals surface area (Å²) in [6.45, 7) is 0. The fourth-order valence-corrected chi connectivity index (χ4v) is 1.90. The van der Waals surface area contributed by atoms with E-state index in [1.165, 1.54) is 12.1 Å². The van der Waals surface area contributed by atoms with Crippen LogP contribution in [0, 0.1) is 0 Å². The molecule has 0 radical (unpaired) electrons. The Morgan fingerprint density at radius 1 is 1.14 bits per heavy atom. The Kier molecular flexibility index (Phi) is 4.08. The van der Waals surface area contributed by atoms with Crippen molar-refractivity contribution in [2.75, 3.05) is 11.1 Å². The number of phenolic OH excluding ortho intramolecular Hbond substituents is 1. The zero-order valence-electron chi connectivity index (χ0n) is 11.0. The molecule has 6 nitrogen and oxygen atoms in total. The summed E-state index contributed by atoms with van der Waals surface area (Å²) >= 11 is 0. The number of carboxylic acid groups (broad SMARTS) is 1. The summed E-state index contributed by atoms with van der Waals surface area (Å²) in [7, 11) is 0. The lowest BCUT2D eigenvalue weighted by atomic mass is 10.1. The number of aromatic hydroxyl groups is 1. The Morgan fingerprint density at radius 3 is 2.57 bits per heavy atom. The number of amides is 1. The Balaban J connectivity index is 2.15. The smallest absolute Gasteiger partial charge is 0.337 e. The number of carbonyl (C=O) groups is 2. The first-order chi connectivity index (χ1) is 9.95. The van der Waals surface area contributed by atoms with Gasteiger partial charge >= 0.3 is 5.97 Å². The molecule has 0 aromatic heterocycles. The minimum Gasteiger partial charge on any atom is -0.508 e. The van der Waals surface area contributed by atoms with Gasteiger partial charge < -0.3 is 21.3 Å². The first-order valence-electron chi connectivity index (χ1n) is 6.16. The van der Waals surface area contributed by atoms with Gasteiger partial charge in [0.1, 0.15) is 5.75 Å². The maximum atomic E-state index is 11.9. The maximum Gasteiger partial charge on any atom is 0.337 e. The standard InChI is InChI=1S/C15H14N2O4/c16-10-3-1-2-9(6-10)7-14(19)17-13-5-4-11(18)8-12(13)15(20)21/h1-6,8,18H,7,16H2,(H,17,19)(H,20,21). The predicted molar refractivity (Wildman–Crippen MR) is 78.3 cm³/mol. The molecule has 0 aliphatic heterocycles. The number of hydrogen-bond acceptors (Lipinski definition) is 4. The molecule has 21 heavy (non-hydrogen) atoms. The van der Waals surface area contributed by atoms with Crippen molar-refractivity contribution in [1.29, 1.82) is 0 Å². The van der Waals surface area contributed by atoms with Gasteiger partial charge in [-0.15, -0.1) is 0 Å². The van der Waals surface area contributed by atoms with E-state index in [1.807, 2.05) is 0 Å². The molecule has 1 amide bonds. The zero-order valence-corrected chi connectivity index (χ0v) is 11.0. The monoisotopic (exact) mass is 286 g/mol. The normalized spacial score (nSPS) is 10.1. The molecule has 0 heterocycles. The summed E-state index contributed by atoms with van der Waals surface area (Å²) in [5.74, 6) is -1.78. The number of hydrogen-bond donors (Lipinski definition) is 4. The van der Waals surface area contributed by atoms with Crippen LogP contribution in [0.5, 0.6) is 5.75 Å². The lowest BCUT2D eigenvalue weighted by Crippen LogP contribution is -2.16. The Labute approximate surface area is 120 Å². The number of nitrogens with two attached hydrogens (primary N) is 1. The molecule has 0 aliphatic carbocycles. The molecule has 2 aromatic rings. The van der Waals surface area contributed by atoms with Crippen LogP contribution in [0.2, 0.25) is 0 Å². The van der Waals surface area contributed by atoms with E-state index in [2.05, 4.69) is 5.32 Å². The minimum absolute atomic E-state index is 0.0744. The van der Waals surface area contributed by atoms with Crippen LogP contribution in [0.25, 0.3) is 0 Å². The number of carbonyl (C=O) groups excluding carboxylic acids is 1. The number of nitrogens with one attached hydrogen (secondary N) is 1. The summed E-state index contributed by atoms with van der Waals surface area (Å²) in [6, 6.07) is 10.6. The minimum atomic E-state index is -1.23. The second-order valence-corrected chi connectivity index (χ2v) is 4.51. The molecule has 0 unspecified atom stereocenters. The van der Waals surface area contributed by atoms with Crippen molar-refractivity contribution in [3.8, 4) is 5.75 Å². The summed E-state index contributed by atoms with van der Waals surface area (Å²) in [5.41, 5.74) is 6.87. The predicted octanol–water partition coefficient (Wildman–Crippen LogP) is 1.85. The van der Waals surface area contributed by atoms with Crippen LogP contribution < -0.4 is 11.1 Å². The number of anilines is 2. The number of carboxylic acids is 1. The fourth-order valence-electron chi connectivity index (χ4n) is 1.90. The van der Waals surface area contributed by atoms with E-state index < -0.39 is 5.97 Å². The third-order valence-electron chi connectivity index (χ3n) is 2.82. The summed E-state index contributed by atoms with van der Waals surface area (Å²) in [5, 5.41) is 20.9. The van der Waals surface area contributed by atoms with Gasteiger partial charge in [-0.2, -0.15) is 0 Å². The molecular formula is C15H14N2O4. The summed E-state index contributed by atoms with van der Waals surface area (Å²) in [6.07, 6.45) is 0.0744. The third-order valence-corrected chi connectivity index (χ3v) is 2.82. The van der Waals surface area contributed by atoms with Crippen LogP contribution in [0.4, 0.5) is 11.4 Å². The van der Waals surface area contributed by atoms with Gasteiger partial charge in [-0.05, 0) is 35.9 Å². The molecular weight excluding hydrogens is 272 g/mol. The lowest BCUT2D eigenvalue weighted by molar-refractivity contribution is -0.115. The van der Waals surface area contributed by atoms with Gasteiger partial charge in [-0.25, -0.2) is 4.79 Å². The highest BCUT2D eigenvalue weighted by atomic mass is 16.4. The van der Waals surface area contributed by atoms with Crippen molar-refractivity contribution in [1.82, 2.24) is 0 Å². The van der Waals surface area contributed by atoms with E-state index in [9.17, 15) is 14.7 Å². The topological polar surface area (TPSA) is 113 Å². The molecule has 6 heteroatoms. The number of rotatable bonds is 4. The Bertz CT molecular complexity index is 698. The molecule has 0 spiro atoms. The molecule has 2 aromatic carbocycles. The van der Waals surface area contributed by atoms with E-state index >= 15 is 0 Å². The van der Waals surface area contributed by atoms with Crippen LogP contribution in [0.3, 0.4) is 0 Å². The van der Waals surface area contributed by atoms with Crippen LogP contribution in [0.15, 0.2) is 42.5 Å². The quantitative estimate of drug-likeness (QED) is 0.506. The van der Waals surface area contributed by atoms with Crippen molar-refractivity contribution >= 4 is 23.3 Å². The molecule has 0 aliphatic rings. The molecule has 0 atom stereocenters. The number of nitrogen functional groups attached to an aromatic ring is 1. The largest absolute Gasteiger partial charge is 0.508 e. The van der Waals surface area contributed by atoms with Crippen LogP contribution in [0.1, 0.15) is 15.9 Å². The van der Waals surface area contributed by atoms with Gasteiger partial charge in [0.15, 0.2) is 0 Å². The van der Waals surface area contributed by atoms with E-state index in [-0.39, 0.29) is 29.3 Å². The van der Waals surface area contributed by atoms with E-state index in [0.717, 1.165) is 11.6 Å². The van der Waals surface area contributed by atoms with Crippen LogP contribution in [-0.4, -0.2) is 22.1 Å². The van der Waals surface area contributed by atoms with Crippen LogP contribution in [-0.2, 0) is 11.2 Å². The molecule has 108 valence electrons. The number of aromatic carboxylic acids is 1. The van der Waals surface area contributed by atoms with Crippen molar-refractivity contribution in [2.24, 2.45) is 0 Å². The van der Waals surface area contributed by atoms with Gasteiger partial charge in [-0.1, -0.05) is 12.1 Å². The SMILES string of the molecule is Nc1cccc(CC(=O)Nc2ccc(O)cc2C(=O)O)c1.